The molecule has 2 heteroatoms. The molecule has 0 spiro atoms. The van der Waals surface area contributed by atoms with Gasteiger partial charge in [0.25, 0.3) is 0 Å². The van der Waals surface area contributed by atoms with Crippen LogP contribution in [0.1, 0.15) is 53.9 Å². The van der Waals surface area contributed by atoms with Gasteiger partial charge in [0, 0.05) is 17.1 Å². The summed E-state index contributed by atoms with van der Waals surface area (Å²) in [4.78, 5) is 15.3. The number of pyridine rings is 1. The van der Waals surface area contributed by atoms with E-state index in [-0.39, 0.29) is 0 Å². The second-order valence-corrected chi connectivity index (χ2v) is 5.17. The summed E-state index contributed by atoms with van der Waals surface area (Å²) in [5, 5.41) is 1.09. The van der Waals surface area contributed by atoms with Gasteiger partial charge in [0.15, 0.2) is 0 Å². The molecule has 1 aliphatic carbocycles. The first-order valence-electron chi connectivity index (χ1n) is 6.72. The van der Waals surface area contributed by atoms with Crippen LogP contribution in [-0.4, -0.2) is 11.3 Å². The highest BCUT2D eigenvalue weighted by molar-refractivity contribution is 5.86. The summed E-state index contributed by atoms with van der Waals surface area (Å²) < 4.78 is 0. The molecule has 92 valence electrons. The molecule has 0 unspecified atom stereocenters. The lowest BCUT2D eigenvalue weighted by Crippen LogP contribution is -2.04. The lowest BCUT2D eigenvalue weighted by Gasteiger charge is -2.21. The SMILES string of the molecule is O=Cc1ccc2ncc(C3CCCCC3)cc2c1. The third-order valence-electron chi connectivity index (χ3n) is 3.94. The van der Waals surface area contributed by atoms with Gasteiger partial charge in [-0.2, -0.15) is 0 Å². The molecule has 0 atom stereocenters. The summed E-state index contributed by atoms with van der Waals surface area (Å²) in [5.74, 6) is 0.663. The van der Waals surface area contributed by atoms with E-state index in [0.29, 0.717) is 5.92 Å². The van der Waals surface area contributed by atoms with Crippen LogP contribution in [0, 0.1) is 0 Å². The van der Waals surface area contributed by atoms with Crippen LogP contribution in [0.2, 0.25) is 0 Å². The molecule has 1 aromatic carbocycles. The van der Waals surface area contributed by atoms with Gasteiger partial charge in [-0.1, -0.05) is 19.3 Å². The molecule has 0 N–H and O–H groups in total. The largest absolute Gasteiger partial charge is 0.298 e. The quantitative estimate of drug-likeness (QED) is 0.739. The molecule has 1 aromatic heterocycles. The van der Waals surface area contributed by atoms with Crippen molar-refractivity contribution in [2.24, 2.45) is 0 Å². The fraction of sp³-hybridized carbons (Fsp3) is 0.375. The van der Waals surface area contributed by atoms with E-state index in [9.17, 15) is 4.79 Å². The first-order chi connectivity index (χ1) is 8.86. The number of aldehydes is 1. The van der Waals surface area contributed by atoms with Crippen LogP contribution < -0.4 is 0 Å². The molecule has 1 heterocycles. The number of aromatic nitrogens is 1. The Kier molecular flexibility index (Phi) is 3.09. The zero-order valence-corrected chi connectivity index (χ0v) is 10.4. The monoisotopic (exact) mass is 239 g/mol. The summed E-state index contributed by atoms with van der Waals surface area (Å²) in [6, 6.07) is 7.89. The molecular weight excluding hydrogens is 222 g/mol. The summed E-state index contributed by atoms with van der Waals surface area (Å²) >= 11 is 0. The molecule has 1 fully saturated rings. The van der Waals surface area contributed by atoms with Crippen LogP contribution in [0.3, 0.4) is 0 Å². The van der Waals surface area contributed by atoms with Gasteiger partial charge >= 0.3 is 0 Å². The van der Waals surface area contributed by atoms with Gasteiger partial charge in [-0.25, -0.2) is 0 Å². The molecule has 1 aliphatic rings. The molecule has 3 rings (SSSR count). The van der Waals surface area contributed by atoms with Crippen molar-refractivity contribution in [2.75, 3.05) is 0 Å². The van der Waals surface area contributed by atoms with E-state index in [2.05, 4.69) is 11.1 Å². The number of nitrogens with zero attached hydrogens (tertiary/aromatic N) is 1. The van der Waals surface area contributed by atoms with Crippen molar-refractivity contribution < 1.29 is 4.79 Å². The minimum absolute atomic E-state index is 0.663. The van der Waals surface area contributed by atoms with Gasteiger partial charge in [-0.3, -0.25) is 9.78 Å². The Bertz CT molecular complexity index is 570. The van der Waals surface area contributed by atoms with Crippen LogP contribution in [0.15, 0.2) is 30.5 Å². The third-order valence-corrected chi connectivity index (χ3v) is 3.94. The number of hydrogen-bond donors (Lipinski definition) is 0. The number of carbonyl (C=O) groups is 1. The Balaban J connectivity index is 2.00. The minimum Gasteiger partial charge on any atom is -0.298 e. The Hall–Kier alpha value is -1.70. The Morgan fingerprint density at radius 2 is 1.94 bits per heavy atom. The Morgan fingerprint density at radius 1 is 1.11 bits per heavy atom. The van der Waals surface area contributed by atoms with Crippen LogP contribution in [0.4, 0.5) is 0 Å². The zero-order valence-electron chi connectivity index (χ0n) is 10.4. The molecule has 0 amide bonds. The van der Waals surface area contributed by atoms with Crippen LogP contribution in [0.5, 0.6) is 0 Å². The van der Waals surface area contributed by atoms with Crippen molar-refractivity contribution in [1.82, 2.24) is 4.98 Å². The van der Waals surface area contributed by atoms with Gasteiger partial charge in [-0.15, -0.1) is 0 Å². The highest BCUT2D eigenvalue weighted by Gasteiger charge is 2.16. The van der Waals surface area contributed by atoms with Gasteiger partial charge in [-0.05, 0) is 48.6 Å². The van der Waals surface area contributed by atoms with Gasteiger partial charge in [0.1, 0.15) is 6.29 Å². The molecule has 2 nitrogen and oxygen atoms in total. The smallest absolute Gasteiger partial charge is 0.150 e. The van der Waals surface area contributed by atoms with Gasteiger partial charge in [0.05, 0.1) is 5.52 Å². The Labute approximate surface area is 107 Å². The molecular formula is C16H17NO. The van der Waals surface area contributed by atoms with Crippen LogP contribution in [0.25, 0.3) is 10.9 Å². The van der Waals surface area contributed by atoms with Crippen molar-refractivity contribution in [2.45, 2.75) is 38.0 Å². The summed E-state index contributed by atoms with van der Waals surface area (Å²) in [7, 11) is 0. The number of fused-ring (bicyclic) bond motifs is 1. The van der Waals surface area contributed by atoms with Crippen LogP contribution in [-0.2, 0) is 0 Å². The minimum atomic E-state index is 0.663. The average molecular weight is 239 g/mol. The Morgan fingerprint density at radius 3 is 2.72 bits per heavy atom. The topological polar surface area (TPSA) is 30.0 Å². The fourth-order valence-corrected chi connectivity index (χ4v) is 2.90. The number of hydrogen-bond acceptors (Lipinski definition) is 2. The van der Waals surface area contributed by atoms with E-state index in [1.165, 1.54) is 37.7 Å². The molecule has 0 bridgehead atoms. The molecule has 0 saturated heterocycles. The summed E-state index contributed by atoms with van der Waals surface area (Å²) in [6.45, 7) is 0. The first-order valence-corrected chi connectivity index (χ1v) is 6.72. The predicted molar refractivity (Wildman–Crippen MR) is 73.0 cm³/mol. The molecule has 2 aromatic rings. The van der Waals surface area contributed by atoms with E-state index in [1.54, 1.807) is 0 Å². The van der Waals surface area contributed by atoms with Crippen molar-refractivity contribution in [1.29, 1.82) is 0 Å². The zero-order chi connectivity index (χ0) is 12.4. The van der Waals surface area contributed by atoms with Crippen molar-refractivity contribution in [3.05, 3.63) is 41.6 Å². The second-order valence-electron chi connectivity index (χ2n) is 5.17. The molecule has 1 saturated carbocycles. The normalized spacial score (nSPS) is 16.9. The lowest BCUT2D eigenvalue weighted by molar-refractivity contribution is 0.112. The maximum absolute atomic E-state index is 10.8. The van der Waals surface area contributed by atoms with Crippen molar-refractivity contribution >= 4 is 17.2 Å². The van der Waals surface area contributed by atoms with Crippen molar-refractivity contribution in [3.8, 4) is 0 Å². The molecule has 0 radical (unpaired) electrons. The maximum Gasteiger partial charge on any atom is 0.150 e. The summed E-state index contributed by atoms with van der Waals surface area (Å²) in [6.07, 6.45) is 9.49. The predicted octanol–water partition coefficient (Wildman–Crippen LogP) is 4.10. The molecule has 18 heavy (non-hydrogen) atoms. The summed E-state index contributed by atoms with van der Waals surface area (Å²) in [5.41, 5.74) is 3.04. The van der Waals surface area contributed by atoms with Gasteiger partial charge < -0.3 is 0 Å². The van der Waals surface area contributed by atoms with E-state index in [1.807, 2.05) is 24.4 Å². The molecule has 0 aliphatic heterocycles. The van der Waals surface area contributed by atoms with Crippen molar-refractivity contribution in [3.63, 3.8) is 0 Å². The number of carbonyl (C=O) groups excluding carboxylic acids is 1. The van der Waals surface area contributed by atoms with Gasteiger partial charge in [0.2, 0.25) is 0 Å². The lowest BCUT2D eigenvalue weighted by atomic mass is 9.84. The number of rotatable bonds is 2. The van der Waals surface area contributed by atoms with E-state index in [0.717, 1.165) is 22.8 Å². The highest BCUT2D eigenvalue weighted by atomic mass is 16.1. The van der Waals surface area contributed by atoms with E-state index >= 15 is 0 Å². The maximum atomic E-state index is 10.8. The van der Waals surface area contributed by atoms with E-state index < -0.39 is 0 Å². The highest BCUT2D eigenvalue weighted by Crippen LogP contribution is 2.33. The van der Waals surface area contributed by atoms with Crippen LogP contribution >= 0.6 is 0 Å². The first kappa shape index (κ1) is 11.4. The third kappa shape index (κ3) is 2.15. The fourth-order valence-electron chi connectivity index (χ4n) is 2.90. The van der Waals surface area contributed by atoms with E-state index in [4.69, 9.17) is 0 Å². The second kappa shape index (κ2) is 4.89. The number of benzene rings is 1. The standard InChI is InChI=1S/C16H17NO/c18-11-12-6-7-16-14(8-12)9-15(10-17-16)13-4-2-1-3-5-13/h6-11,13H,1-5H2. The average Bonchev–Trinajstić information content (AvgIpc) is 2.47.